The molecule has 0 bridgehead atoms. The van der Waals surface area contributed by atoms with E-state index in [-0.39, 0.29) is 12.6 Å². The Balaban J connectivity index is 2.38. The van der Waals surface area contributed by atoms with Gasteiger partial charge in [0.25, 0.3) is 0 Å². The molecule has 0 aromatic carbocycles. The average molecular weight is 276 g/mol. The van der Waals surface area contributed by atoms with Gasteiger partial charge in [0.15, 0.2) is 4.67 Å². The van der Waals surface area contributed by atoms with Crippen LogP contribution in [0, 0.1) is 0 Å². The van der Waals surface area contributed by atoms with Crippen LogP contribution < -0.4 is 5.32 Å². The van der Waals surface area contributed by atoms with Gasteiger partial charge < -0.3 is 14.8 Å². The Morgan fingerprint density at radius 1 is 1.47 bits per heavy atom. The van der Waals surface area contributed by atoms with Crippen LogP contribution in [0.25, 0.3) is 0 Å². The molecule has 3 nitrogen and oxygen atoms in total. The van der Waals surface area contributed by atoms with E-state index in [2.05, 4.69) is 35.1 Å². The Hall–Kier alpha value is -0.320. The highest BCUT2D eigenvalue weighted by Gasteiger charge is 2.12. The number of furan rings is 1. The Morgan fingerprint density at radius 3 is 2.73 bits per heavy atom. The number of nitrogens with one attached hydrogen (secondary N) is 1. The number of aliphatic hydroxyl groups excluding tert-OH is 1. The van der Waals surface area contributed by atoms with Gasteiger partial charge in [0, 0.05) is 12.6 Å². The Morgan fingerprint density at radius 2 is 2.20 bits per heavy atom. The van der Waals surface area contributed by atoms with Crippen molar-refractivity contribution in [2.24, 2.45) is 0 Å². The van der Waals surface area contributed by atoms with Crippen molar-refractivity contribution in [3.63, 3.8) is 0 Å². The second-order valence-corrected chi connectivity index (χ2v) is 4.58. The third kappa shape index (κ3) is 4.36. The minimum absolute atomic E-state index is 0.199. The van der Waals surface area contributed by atoms with E-state index < -0.39 is 0 Å². The molecule has 1 rings (SSSR count). The lowest BCUT2D eigenvalue weighted by Crippen LogP contribution is -2.28. The van der Waals surface area contributed by atoms with Gasteiger partial charge >= 0.3 is 0 Å². The summed E-state index contributed by atoms with van der Waals surface area (Å²) in [5, 5.41) is 12.1. The molecule has 1 aromatic rings. The highest BCUT2D eigenvalue weighted by Crippen LogP contribution is 2.20. The normalized spacial score (nSPS) is 15.2. The zero-order chi connectivity index (χ0) is 11.3. The number of halogens is 1. The van der Waals surface area contributed by atoms with Gasteiger partial charge in [-0.25, -0.2) is 0 Å². The molecule has 15 heavy (non-hydrogen) atoms. The van der Waals surface area contributed by atoms with Gasteiger partial charge in [-0.05, 0) is 54.8 Å². The number of hydrogen-bond acceptors (Lipinski definition) is 3. The van der Waals surface area contributed by atoms with Crippen LogP contribution in [0.4, 0.5) is 0 Å². The van der Waals surface area contributed by atoms with Crippen LogP contribution in [0.5, 0.6) is 0 Å². The van der Waals surface area contributed by atoms with E-state index >= 15 is 0 Å². The fourth-order valence-electron chi connectivity index (χ4n) is 1.55. The molecule has 1 aromatic heterocycles. The number of rotatable bonds is 6. The minimum atomic E-state index is 0.199. The highest BCUT2D eigenvalue weighted by atomic mass is 79.9. The molecule has 0 fully saturated rings. The summed E-state index contributed by atoms with van der Waals surface area (Å²) in [5.41, 5.74) is 0. The van der Waals surface area contributed by atoms with Gasteiger partial charge in [-0.15, -0.1) is 0 Å². The molecule has 0 saturated carbocycles. The largest absolute Gasteiger partial charge is 0.453 e. The molecule has 2 atom stereocenters. The summed E-state index contributed by atoms with van der Waals surface area (Å²) < 4.78 is 6.21. The summed E-state index contributed by atoms with van der Waals surface area (Å²) in [6, 6.07) is 4.44. The van der Waals surface area contributed by atoms with Crippen molar-refractivity contribution in [1.29, 1.82) is 0 Å². The second kappa shape index (κ2) is 6.30. The third-order valence-corrected chi connectivity index (χ3v) is 2.78. The first-order valence-corrected chi connectivity index (χ1v) is 6.05. The van der Waals surface area contributed by atoms with Crippen LogP contribution in [0.3, 0.4) is 0 Å². The van der Waals surface area contributed by atoms with Crippen molar-refractivity contribution < 1.29 is 9.52 Å². The maximum Gasteiger partial charge on any atom is 0.169 e. The maximum absolute atomic E-state index is 8.72. The van der Waals surface area contributed by atoms with Crippen LogP contribution in [0.1, 0.15) is 38.5 Å². The summed E-state index contributed by atoms with van der Waals surface area (Å²) in [7, 11) is 0. The molecule has 86 valence electrons. The van der Waals surface area contributed by atoms with E-state index in [0.29, 0.717) is 6.04 Å². The van der Waals surface area contributed by atoms with Crippen molar-refractivity contribution in [2.45, 2.75) is 38.8 Å². The van der Waals surface area contributed by atoms with Crippen LogP contribution in [-0.4, -0.2) is 17.8 Å². The van der Waals surface area contributed by atoms with Crippen LogP contribution in [0.15, 0.2) is 21.2 Å². The molecule has 0 radical (unpaired) electrons. The minimum Gasteiger partial charge on any atom is -0.453 e. The molecular formula is C11H18BrNO2. The maximum atomic E-state index is 8.72. The second-order valence-electron chi connectivity index (χ2n) is 3.80. The molecule has 0 saturated heterocycles. The lowest BCUT2D eigenvalue weighted by Gasteiger charge is -2.17. The molecule has 2 unspecified atom stereocenters. The zero-order valence-electron chi connectivity index (χ0n) is 9.16. The van der Waals surface area contributed by atoms with Gasteiger partial charge in [-0.1, -0.05) is 0 Å². The van der Waals surface area contributed by atoms with Crippen molar-refractivity contribution in [1.82, 2.24) is 5.32 Å². The zero-order valence-corrected chi connectivity index (χ0v) is 10.8. The number of aliphatic hydroxyl groups is 1. The Labute approximate surface area is 99.0 Å². The number of hydrogen-bond donors (Lipinski definition) is 2. The fraction of sp³-hybridized carbons (Fsp3) is 0.636. The lowest BCUT2D eigenvalue weighted by molar-refractivity contribution is 0.272. The molecule has 1 heterocycles. The molecule has 4 heteroatoms. The smallest absolute Gasteiger partial charge is 0.169 e. The van der Waals surface area contributed by atoms with E-state index in [9.17, 15) is 0 Å². The summed E-state index contributed by atoms with van der Waals surface area (Å²) in [4.78, 5) is 0. The van der Waals surface area contributed by atoms with E-state index in [1.165, 1.54) is 0 Å². The monoisotopic (exact) mass is 275 g/mol. The molecule has 0 spiro atoms. The van der Waals surface area contributed by atoms with Gasteiger partial charge in [-0.2, -0.15) is 0 Å². The Bertz CT molecular complexity index is 288. The van der Waals surface area contributed by atoms with Crippen LogP contribution in [-0.2, 0) is 0 Å². The first-order chi connectivity index (χ1) is 7.13. The quantitative estimate of drug-likeness (QED) is 0.839. The summed E-state index contributed by atoms with van der Waals surface area (Å²) in [5.74, 6) is 0.928. The molecule has 0 aliphatic rings. The standard InChI is InChI=1S/C11H18BrNO2/c1-8(4-3-7-14)13-9(2)10-5-6-11(12)15-10/h5-6,8-9,13-14H,3-4,7H2,1-2H3. The average Bonchev–Trinajstić information content (AvgIpc) is 2.61. The van der Waals surface area contributed by atoms with Gasteiger partial charge in [0.1, 0.15) is 5.76 Å². The summed E-state index contributed by atoms with van der Waals surface area (Å²) >= 11 is 3.28. The van der Waals surface area contributed by atoms with Crippen LogP contribution >= 0.6 is 15.9 Å². The highest BCUT2D eigenvalue weighted by molar-refractivity contribution is 9.10. The Kier molecular flexibility index (Phi) is 5.36. The van der Waals surface area contributed by atoms with E-state index in [1.807, 2.05) is 12.1 Å². The first kappa shape index (κ1) is 12.7. The summed E-state index contributed by atoms with van der Waals surface area (Å²) in [6.07, 6.45) is 1.81. The van der Waals surface area contributed by atoms with E-state index in [0.717, 1.165) is 23.3 Å². The van der Waals surface area contributed by atoms with Crippen molar-refractivity contribution in [3.05, 3.63) is 22.6 Å². The molecular weight excluding hydrogens is 258 g/mol. The van der Waals surface area contributed by atoms with Crippen molar-refractivity contribution >= 4 is 15.9 Å². The van der Waals surface area contributed by atoms with E-state index in [4.69, 9.17) is 9.52 Å². The molecule has 0 aliphatic heterocycles. The van der Waals surface area contributed by atoms with Crippen LogP contribution in [0.2, 0.25) is 0 Å². The predicted octanol–water partition coefficient (Wildman–Crippen LogP) is 2.85. The first-order valence-electron chi connectivity index (χ1n) is 5.25. The summed E-state index contributed by atoms with van der Waals surface area (Å²) in [6.45, 7) is 4.44. The third-order valence-electron chi connectivity index (χ3n) is 2.35. The molecule has 2 N–H and O–H groups in total. The van der Waals surface area contributed by atoms with Gasteiger partial charge in [-0.3, -0.25) is 0 Å². The lowest BCUT2D eigenvalue weighted by atomic mass is 10.1. The van der Waals surface area contributed by atoms with E-state index in [1.54, 1.807) is 0 Å². The van der Waals surface area contributed by atoms with Crippen molar-refractivity contribution in [3.8, 4) is 0 Å². The molecule has 0 amide bonds. The predicted molar refractivity (Wildman–Crippen MR) is 63.7 cm³/mol. The van der Waals surface area contributed by atoms with Crippen molar-refractivity contribution in [2.75, 3.05) is 6.61 Å². The van der Waals surface area contributed by atoms with Gasteiger partial charge in [0.2, 0.25) is 0 Å². The SMILES string of the molecule is CC(CCCO)NC(C)c1ccc(Br)o1. The topological polar surface area (TPSA) is 45.4 Å². The fourth-order valence-corrected chi connectivity index (χ4v) is 1.87. The molecule has 0 aliphatic carbocycles. The van der Waals surface area contributed by atoms with Gasteiger partial charge in [0.05, 0.1) is 6.04 Å².